The van der Waals surface area contributed by atoms with E-state index >= 15 is 0 Å². The van der Waals surface area contributed by atoms with Gasteiger partial charge >= 0.3 is 18.0 Å². The highest BCUT2D eigenvalue weighted by molar-refractivity contribution is 6.03. The largest absolute Gasteiger partial charge is 0.464 e. The molecule has 35 heavy (non-hydrogen) atoms. The molecule has 0 unspecified atom stereocenters. The van der Waals surface area contributed by atoms with E-state index in [0.717, 1.165) is 4.90 Å². The molecule has 0 radical (unpaired) electrons. The molecule has 11 nitrogen and oxygen atoms in total. The Hall–Kier alpha value is -2.85. The number of carbonyl (C=O) groups excluding carboxylic acids is 5. The van der Waals surface area contributed by atoms with Gasteiger partial charge in [0.1, 0.15) is 17.7 Å². The second-order valence-electron chi connectivity index (χ2n) is 10.2. The Bertz CT molecular complexity index is 798. The number of hydrogen-bond acceptors (Lipinski definition) is 8. The van der Waals surface area contributed by atoms with E-state index in [1.807, 2.05) is 13.8 Å². The van der Waals surface area contributed by atoms with Crippen LogP contribution < -0.4 is 5.32 Å². The van der Waals surface area contributed by atoms with E-state index in [1.54, 1.807) is 34.6 Å². The zero-order valence-electron chi connectivity index (χ0n) is 21.8. The van der Waals surface area contributed by atoms with E-state index in [9.17, 15) is 24.0 Å². The van der Waals surface area contributed by atoms with E-state index in [0.29, 0.717) is 25.8 Å². The molecule has 0 aromatic heterocycles. The van der Waals surface area contributed by atoms with Gasteiger partial charge in [-0.15, -0.1) is 0 Å². The molecule has 2 aliphatic heterocycles. The first-order valence-electron chi connectivity index (χ1n) is 12.3. The number of hydrogen-bond donors (Lipinski definition) is 1. The van der Waals surface area contributed by atoms with Gasteiger partial charge in [-0.25, -0.2) is 14.4 Å². The lowest BCUT2D eigenvalue weighted by molar-refractivity contribution is -0.147. The molecule has 0 aromatic carbocycles. The third kappa shape index (κ3) is 7.32. The molecule has 0 bridgehead atoms. The zero-order valence-corrected chi connectivity index (χ0v) is 21.8. The molecule has 3 amide bonds. The summed E-state index contributed by atoms with van der Waals surface area (Å²) in [5.74, 6) is -2.18. The average Bonchev–Trinajstić information content (AvgIpc) is 3.30. The molecule has 0 aliphatic carbocycles. The Balaban J connectivity index is 2.20. The predicted molar refractivity (Wildman–Crippen MR) is 125 cm³/mol. The number of likely N-dealkylation sites (tertiary alicyclic amines) is 1. The van der Waals surface area contributed by atoms with Gasteiger partial charge in [0.2, 0.25) is 11.8 Å². The van der Waals surface area contributed by atoms with Gasteiger partial charge in [-0.1, -0.05) is 13.8 Å². The van der Waals surface area contributed by atoms with E-state index in [-0.39, 0.29) is 19.1 Å². The first kappa shape index (κ1) is 28.4. The molecule has 2 heterocycles. The lowest BCUT2D eigenvalue weighted by Gasteiger charge is -2.30. The monoisotopic (exact) mass is 497 g/mol. The molecule has 0 saturated carbocycles. The summed E-state index contributed by atoms with van der Waals surface area (Å²) in [6, 6.07) is -3.86. The van der Waals surface area contributed by atoms with E-state index < -0.39 is 59.6 Å². The van der Waals surface area contributed by atoms with Gasteiger partial charge in [-0.3, -0.25) is 9.59 Å². The van der Waals surface area contributed by atoms with Crippen LogP contribution in [0.1, 0.15) is 67.7 Å². The van der Waals surface area contributed by atoms with Gasteiger partial charge in [0.25, 0.3) is 0 Å². The van der Waals surface area contributed by atoms with Gasteiger partial charge < -0.3 is 29.3 Å². The third-order valence-corrected chi connectivity index (χ3v) is 5.64. The first-order chi connectivity index (χ1) is 16.3. The Morgan fingerprint density at radius 1 is 0.971 bits per heavy atom. The van der Waals surface area contributed by atoms with Gasteiger partial charge in [0.05, 0.1) is 13.2 Å². The number of nitrogens with one attached hydrogen (secondary N) is 1. The van der Waals surface area contributed by atoms with Crippen molar-refractivity contribution in [1.29, 1.82) is 0 Å². The minimum absolute atomic E-state index is 0.0872. The van der Waals surface area contributed by atoms with Crippen LogP contribution in [0.3, 0.4) is 0 Å². The molecule has 0 spiro atoms. The quantitative estimate of drug-likeness (QED) is 0.289. The molecular formula is C24H39N3O8. The van der Waals surface area contributed by atoms with E-state index in [1.165, 1.54) is 4.90 Å². The Morgan fingerprint density at radius 3 is 1.97 bits per heavy atom. The molecule has 1 N–H and O–H groups in total. The lowest BCUT2D eigenvalue weighted by Crippen LogP contribution is -2.53. The Kier molecular flexibility index (Phi) is 9.51. The van der Waals surface area contributed by atoms with Crippen LogP contribution in [0.4, 0.5) is 4.79 Å². The van der Waals surface area contributed by atoms with Crippen LogP contribution in [-0.2, 0) is 33.4 Å². The van der Waals surface area contributed by atoms with Crippen LogP contribution in [-0.4, -0.2) is 89.2 Å². The topological polar surface area (TPSA) is 131 Å². The highest BCUT2D eigenvalue weighted by Gasteiger charge is 2.63. The summed E-state index contributed by atoms with van der Waals surface area (Å²) in [6.45, 7) is 12.8. The van der Waals surface area contributed by atoms with Crippen molar-refractivity contribution in [3.8, 4) is 0 Å². The fourth-order valence-electron chi connectivity index (χ4n) is 4.25. The maximum absolute atomic E-state index is 13.5. The number of amides is 3. The fourth-order valence-corrected chi connectivity index (χ4v) is 4.25. The minimum Gasteiger partial charge on any atom is -0.464 e. The Morgan fingerprint density at radius 2 is 1.51 bits per heavy atom. The van der Waals surface area contributed by atoms with Crippen molar-refractivity contribution in [3.63, 3.8) is 0 Å². The van der Waals surface area contributed by atoms with Crippen LogP contribution in [0.25, 0.3) is 0 Å². The SMILES string of the molecule is CCOC(=O)[C@H]1[C@H](C(=O)OCC)N1C(=O)[C@@H]1CCCN1C(=O)[C@H](CC(C)C)NC(=O)OC(C)(C)C. The number of ether oxygens (including phenoxy) is 3. The molecule has 2 saturated heterocycles. The smallest absolute Gasteiger partial charge is 0.408 e. The maximum atomic E-state index is 13.5. The molecule has 4 atom stereocenters. The zero-order chi connectivity index (χ0) is 26.5. The van der Waals surface area contributed by atoms with Crippen LogP contribution in [0.2, 0.25) is 0 Å². The number of carbonyl (C=O) groups is 5. The summed E-state index contributed by atoms with van der Waals surface area (Å²) >= 11 is 0. The van der Waals surface area contributed by atoms with Crippen molar-refractivity contribution in [1.82, 2.24) is 15.1 Å². The standard InChI is InChI=1S/C24H39N3O8/c1-8-33-21(30)17-18(22(31)34-9-2)27(17)20(29)16-11-10-12-26(16)19(28)15(13-14(3)4)25-23(32)35-24(5,6)7/h14-18H,8-13H2,1-7H3,(H,25,32)/t15-,16-,17+,18+/m0/s1. The highest BCUT2D eigenvalue weighted by atomic mass is 16.6. The second-order valence-corrected chi connectivity index (χ2v) is 10.2. The third-order valence-electron chi connectivity index (χ3n) is 5.64. The van der Waals surface area contributed by atoms with Crippen molar-refractivity contribution < 1.29 is 38.2 Å². The molecule has 0 aromatic rings. The summed E-state index contributed by atoms with van der Waals surface area (Å²) in [7, 11) is 0. The molecule has 2 rings (SSSR count). The van der Waals surface area contributed by atoms with Crippen molar-refractivity contribution in [2.24, 2.45) is 5.92 Å². The molecular weight excluding hydrogens is 458 g/mol. The Labute approximate surface area is 206 Å². The van der Waals surface area contributed by atoms with Gasteiger partial charge in [0, 0.05) is 6.54 Å². The summed E-state index contributed by atoms with van der Waals surface area (Å²) in [5.41, 5.74) is -0.731. The lowest BCUT2D eigenvalue weighted by atomic mass is 10.0. The highest BCUT2D eigenvalue weighted by Crippen LogP contribution is 2.35. The maximum Gasteiger partial charge on any atom is 0.408 e. The van der Waals surface area contributed by atoms with Crippen LogP contribution in [0.15, 0.2) is 0 Å². The average molecular weight is 498 g/mol. The second kappa shape index (κ2) is 11.7. The van der Waals surface area contributed by atoms with Gasteiger partial charge in [0.15, 0.2) is 12.1 Å². The fraction of sp³-hybridized carbons (Fsp3) is 0.792. The predicted octanol–water partition coefficient (Wildman–Crippen LogP) is 1.62. The first-order valence-corrected chi connectivity index (χ1v) is 12.3. The van der Waals surface area contributed by atoms with Crippen LogP contribution in [0, 0.1) is 5.92 Å². The number of rotatable bonds is 9. The molecule has 11 heteroatoms. The van der Waals surface area contributed by atoms with Crippen LogP contribution >= 0.6 is 0 Å². The van der Waals surface area contributed by atoms with Gasteiger partial charge in [-0.2, -0.15) is 0 Å². The van der Waals surface area contributed by atoms with Crippen LogP contribution in [0.5, 0.6) is 0 Å². The summed E-state index contributed by atoms with van der Waals surface area (Å²) in [4.78, 5) is 66.6. The molecule has 2 aliphatic rings. The molecule has 198 valence electrons. The van der Waals surface area contributed by atoms with Crippen molar-refractivity contribution in [3.05, 3.63) is 0 Å². The van der Waals surface area contributed by atoms with Crippen molar-refractivity contribution in [2.45, 2.75) is 97.5 Å². The number of alkyl carbamates (subject to hydrolysis) is 1. The van der Waals surface area contributed by atoms with Crippen molar-refractivity contribution in [2.75, 3.05) is 19.8 Å². The van der Waals surface area contributed by atoms with E-state index in [2.05, 4.69) is 5.32 Å². The number of nitrogens with zero attached hydrogens (tertiary/aromatic N) is 2. The van der Waals surface area contributed by atoms with Gasteiger partial charge in [-0.05, 0) is 59.8 Å². The molecule has 2 fully saturated rings. The summed E-state index contributed by atoms with van der Waals surface area (Å²) in [5, 5.41) is 2.65. The number of esters is 2. The van der Waals surface area contributed by atoms with Crippen molar-refractivity contribution >= 4 is 29.8 Å². The normalized spacial score (nSPS) is 22.5. The summed E-state index contributed by atoms with van der Waals surface area (Å²) < 4.78 is 15.4. The minimum atomic E-state index is -1.06. The summed E-state index contributed by atoms with van der Waals surface area (Å²) in [6.07, 6.45) is 0.600. The van der Waals surface area contributed by atoms with E-state index in [4.69, 9.17) is 14.2 Å².